The van der Waals surface area contributed by atoms with E-state index in [-0.39, 0.29) is 11.5 Å². The van der Waals surface area contributed by atoms with E-state index in [1.54, 1.807) is 0 Å². The summed E-state index contributed by atoms with van der Waals surface area (Å²) >= 11 is 0. The van der Waals surface area contributed by atoms with E-state index in [2.05, 4.69) is 37.7 Å². The van der Waals surface area contributed by atoms with Crippen molar-refractivity contribution >= 4 is 0 Å². The third-order valence-corrected chi connectivity index (χ3v) is 4.75. The Morgan fingerprint density at radius 3 is 2.79 bits per heavy atom. The summed E-state index contributed by atoms with van der Waals surface area (Å²) < 4.78 is 7.83. The van der Waals surface area contributed by atoms with Gasteiger partial charge in [-0.15, -0.1) is 0 Å². The predicted octanol–water partition coefficient (Wildman–Crippen LogP) is 2.54. The molecule has 108 valence electrons. The molecule has 4 nitrogen and oxygen atoms in total. The van der Waals surface area contributed by atoms with Crippen molar-refractivity contribution in [3.63, 3.8) is 0 Å². The lowest BCUT2D eigenvalue weighted by Crippen LogP contribution is -2.38. The average Bonchev–Trinajstić information content (AvgIpc) is 3.00. The van der Waals surface area contributed by atoms with Crippen molar-refractivity contribution in [3.05, 3.63) is 18.0 Å². The number of aromatic nitrogens is 2. The van der Waals surface area contributed by atoms with Crippen LogP contribution in [-0.4, -0.2) is 29.0 Å². The summed E-state index contributed by atoms with van der Waals surface area (Å²) in [5.74, 6) is 0. The van der Waals surface area contributed by atoms with Gasteiger partial charge in [0.15, 0.2) is 0 Å². The normalized spacial score (nSPS) is 27.3. The van der Waals surface area contributed by atoms with Crippen molar-refractivity contribution in [3.8, 4) is 0 Å². The van der Waals surface area contributed by atoms with Gasteiger partial charge in [-0.2, -0.15) is 5.10 Å². The molecule has 1 fully saturated rings. The van der Waals surface area contributed by atoms with Crippen molar-refractivity contribution in [2.75, 3.05) is 13.2 Å². The van der Waals surface area contributed by atoms with E-state index in [9.17, 15) is 0 Å². The fourth-order valence-corrected chi connectivity index (χ4v) is 3.09. The van der Waals surface area contributed by atoms with Crippen molar-refractivity contribution in [2.45, 2.75) is 58.6 Å². The Morgan fingerprint density at radius 2 is 2.26 bits per heavy atom. The van der Waals surface area contributed by atoms with Crippen molar-refractivity contribution in [1.82, 2.24) is 9.78 Å². The molecule has 0 radical (unpaired) electrons. The second-order valence-electron chi connectivity index (χ2n) is 5.76. The van der Waals surface area contributed by atoms with E-state index in [4.69, 9.17) is 15.6 Å². The highest BCUT2D eigenvalue weighted by Gasteiger charge is 2.40. The highest BCUT2D eigenvalue weighted by atomic mass is 16.5. The van der Waals surface area contributed by atoms with Gasteiger partial charge in [0.1, 0.15) is 0 Å². The van der Waals surface area contributed by atoms with Crippen LogP contribution in [0, 0.1) is 5.41 Å². The van der Waals surface area contributed by atoms with Gasteiger partial charge < -0.3 is 10.5 Å². The number of rotatable bonds is 6. The molecule has 0 bridgehead atoms. The first-order chi connectivity index (χ1) is 9.15. The van der Waals surface area contributed by atoms with Gasteiger partial charge in [-0.05, 0) is 32.3 Å². The van der Waals surface area contributed by atoms with Crippen LogP contribution in [0.4, 0.5) is 0 Å². The Hall–Kier alpha value is -0.870. The van der Waals surface area contributed by atoms with Gasteiger partial charge in [0.25, 0.3) is 0 Å². The number of nitrogens with zero attached hydrogens (tertiary/aromatic N) is 2. The Balaban J connectivity index is 2.11. The third-order valence-electron chi connectivity index (χ3n) is 4.75. The molecule has 0 aliphatic carbocycles. The first-order valence-corrected chi connectivity index (χ1v) is 7.51. The minimum atomic E-state index is 0.0765. The van der Waals surface area contributed by atoms with Gasteiger partial charge in [-0.25, -0.2) is 0 Å². The van der Waals surface area contributed by atoms with Crippen LogP contribution in [0.5, 0.6) is 0 Å². The molecule has 0 aromatic carbocycles. The summed E-state index contributed by atoms with van der Waals surface area (Å²) in [6, 6.07) is 2.65. The molecule has 0 spiro atoms. The number of nitrogens with two attached hydrogens (primary N) is 1. The molecular weight excluding hydrogens is 238 g/mol. The molecule has 4 heteroatoms. The quantitative estimate of drug-likeness (QED) is 0.860. The minimum Gasteiger partial charge on any atom is -0.378 e. The first kappa shape index (κ1) is 14.5. The first-order valence-electron chi connectivity index (χ1n) is 7.51. The monoisotopic (exact) mass is 265 g/mol. The molecule has 1 aliphatic rings. The summed E-state index contributed by atoms with van der Waals surface area (Å²) in [5, 5.41) is 4.75. The molecule has 1 aromatic heterocycles. The van der Waals surface area contributed by atoms with E-state index < -0.39 is 0 Å². The summed E-state index contributed by atoms with van der Waals surface area (Å²) in [6.45, 7) is 8.06. The zero-order chi connectivity index (χ0) is 13.9. The van der Waals surface area contributed by atoms with Crippen molar-refractivity contribution in [1.29, 1.82) is 0 Å². The summed E-state index contributed by atoms with van der Waals surface area (Å²) in [7, 11) is 0. The van der Waals surface area contributed by atoms with Crippen LogP contribution in [-0.2, 0) is 11.2 Å². The highest BCUT2D eigenvalue weighted by Crippen LogP contribution is 2.37. The molecule has 2 N–H and O–H groups in total. The van der Waals surface area contributed by atoms with E-state index >= 15 is 0 Å². The SMILES string of the molecule is CCC(CC)n1ccc(CC2(CN)CCOC2C)n1. The van der Waals surface area contributed by atoms with E-state index in [0.717, 1.165) is 38.0 Å². The van der Waals surface area contributed by atoms with E-state index in [1.165, 1.54) is 0 Å². The molecule has 2 atom stereocenters. The lowest BCUT2D eigenvalue weighted by atomic mass is 9.77. The number of ether oxygens (including phenoxy) is 1. The van der Waals surface area contributed by atoms with Crippen LogP contribution < -0.4 is 5.73 Å². The average molecular weight is 265 g/mol. The molecule has 2 rings (SSSR count). The summed E-state index contributed by atoms with van der Waals surface area (Å²) in [6.07, 6.45) is 6.56. The number of hydrogen-bond donors (Lipinski definition) is 1. The van der Waals surface area contributed by atoms with Crippen molar-refractivity contribution in [2.24, 2.45) is 11.1 Å². The molecule has 1 aromatic rings. The topological polar surface area (TPSA) is 53.1 Å². The van der Waals surface area contributed by atoms with Crippen molar-refractivity contribution < 1.29 is 4.74 Å². The van der Waals surface area contributed by atoms with E-state index in [0.29, 0.717) is 12.6 Å². The smallest absolute Gasteiger partial charge is 0.0631 e. The Bertz CT molecular complexity index is 400. The second kappa shape index (κ2) is 6.06. The zero-order valence-electron chi connectivity index (χ0n) is 12.4. The maximum absolute atomic E-state index is 6.01. The van der Waals surface area contributed by atoms with Crippen LogP contribution in [0.15, 0.2) is 12.3 Å². The second-order valence-corrected chi connectivity index (χ2v) is 5.76. The standard InChI is InChI=1S/C15H27N3O/c1-4-14(5-2)18-8-6-13(17-18)10-15(11-16)7-9-19-12(15)3/h6,8,12,14H,4-5,7,9-11,16H2,1-3H3. The fraction of sp³-hybridized carbons (Fsp3) is 0.800. The zero-order valence-corrected chi connectivity index (χ0v) is 12.4. The molecule has 2 unspecified atom stereocenters. The molecule has 0 saturated carbocycles. The Labute approximate surface area is 116 Å². The summed E-state index contributed by atoms with van der Waals surface area (Å²) in [5.41, 5.74) is 7.24. The van der Waals surface area contributed by atoms with Crippen LogP contribution in [0.3, 0.4) is 0 Å². The Morgan fingerprint density at radius 1 is 1.53 bits per heavy atom. The molecule has 1 aliphatic heterocycles. The molecule has 19 heavy (non-hydrogen) atoms. The van der Waals surface area contributed by atoms with Crippen LogP contribution >= 0.6 is 0 Å². The minimum absolute atomic E-state index is 0.0765. The largest absolute Gasteiger partial charge is 0.378 e. The maximum Gasteiger partial charge on any atom is 0.0631 e. The van der Waals surface area contributed by atoms with Crippen LogP contribution in [0.1, 0.15) is 51.8 Å². The van der Waals surface area contributed by atoms with E-state index in [1.807, 2.05) is 0 Å². The fourth-order valence-electron chi connectivity index (χ4n) is 3.09. The predicted molar refractivity (Wildman–Crippen MR) is 77.1 cm³/mol. The number of hydrogen-bond acceptors (Lipinski definition) is 3. The van der Waals surface area contributed by atoms with Gasteiger partial charge >= 0.3 is 0 Å². The molecular formula is C15H27N3O. The van der Waals surface area contributed by atoms with Gasteiger partial charge in [0.2, 0.25) is 0 Å². The highest BCUT2D eigenvalue weighted by molar-refractivity contribution is 5.07. The lowest BCUT2D eigenvalue weighted by molar-refractivity contribution is 0.0668. The molecule has 2 heterocycles. The van der Waals surface area contributed by atoms with Crippen LogP contribution in [0.2, 0.25) is 0 Å². The van der Waals surface area contributed by atoms with Crippen LogP contribution in [0.25, 0.3) is 0 Å². The van der Waals surface area contributed by atoms with Gasteiger partial charge in [-0.1, -0.05) is 13.8 Å². The van der Waals surface area contributed by atoms with Gasteiger partial charge in [-0.3, -0.25) is 4.68 Å². The molecule has 1 saturated heterocycles. The van der Waals surface area contributed by atoms with Gasteiger partial charge in [0.05, 0.1) is 17.8 Å². The third kappa shape index (κ3) is 2.84. The summed E-state index contributed by atoms with van der Waals surface area (Å²) in [4.78, 5) is 0. The van der Waals surface area contributed by atoms with Gasteiger partial charge in [0, 0.05) is 31.2 Å². The Kier molecular flexibility index (Phi) is 4.63. The molecule has 0 amide bonds. The maximum atomic E-state index is 6.01. The lowest BCUT2D eigenvalue weighted by Gasteiger charge is -2.29.